The predicted molar refractivity (Wildman–Crippen MR) is 81.8 cm³/mol. The highest BCUT2D eigenvalue weighted by atomic mass is 16.5. The van der Waals surface area contributed by atoms with Crippen molar-refractivity contribution in [3.05, 3.63) is 0 Å². The zero-order valence-corrected chi connectivity index (χ0v) is 13.6. The van der Waals surface area contributed by atoms with E-state index in [9.17, 15) is 10.2 Å². The fraction of sp³-hybridized carbons (Fsp3) is 1.00. The second-order valence-electron chi connectivity index (χ2n) is 6.68. The highest BCUT2D eigenvalue weighted by Crippen LogP contribution is 2.13. The summed E-state index contributed by atoms with van der Waals surface area (Å²) in [6.07, 6.45) is 7.76. The van der Waals surface area contributed by atoms with E-state index in [0.29, 0.717) is 6.54 Å². The number of aliphatic hydroxyl groups is 2. The lowest BCUT2D eigenvalue weighted by atomic mass is 10.0. The van der Waals surface area contributed by atoms with Crippen LogP contribution in [0.15, 0.2) is 0 Å². The Balaban J connectivity index is 3.69. The standard InChI is InChI=1S/C16H36NO2/c1-5-12-17(4,14-16(18)19)13-10-8-6-7-9-11-15(2)3/h15-16,18-19H,5-14H2,1-4H3/q+1. The second kappa shape index (κ2) is 10.6. The Morgan fingerprint density at radius 1 is 0.895 bits per heavy atom. The summed E-state index contributed by atoms with van der Waals surface area (Å²) in [5.74, 6) is 0.829. The Morgan fingerprint density at radius 2 is 1.47 bits per heavy atom. The molecule has 0 aromatic carbocycles. The Kier molecular flexibility index (Phi) is 10.6. The summed E-state index contributed by atoms with van der Waals surface area (Å²) in [5, 5.41) is 18.4. The molecule has 0 spiro atoms. The van der Waals surface area contributed by atoms with E-state index in [0.717, 1.165) is 29.9 Å². The molecule has 116 valence electrons. The first-order valence-corrected chi connectivity index (χ1v) is 8.09. The first kappa shape index (κ1) is 18.9. The normalized spacial score (nSPS) is 15.2. The van der Waals surface area contributed by atoms with E-state index in [1.165, 1.54) is 38.5 Å². The van der Waals surface area contributed by atoms with Crippen LogP contribution in [0.4, 0.5) is 0 Å². The molecule has 1 atom stereocenters. The molecule has 1 unspecified atom stereocenters. The van der Waals surface area contributed by atoms with Crippen LogP contribution in [0, 0.1) is 5.92 Å². The van der Waals surface area contributed by atoms with Gasteiger partial charge in [0.05, 0.1) is 20.1 Å². The average molecular weight is 274 g/mol. The fourth-order valence-electron chi connectivity index (χ4n) is 2.80. The second-order valence-corrected chi connectivity index (χ2v) is 6.68. The monoisotopic (exact) mass is 274 g/mol. The lowest BCUT2D eigenvalue weighted by Crippen LogP contribution is -2.50. The first-order chi connectivity index (χ1) is 8.89. The van der Waals surface area contributed by atoms with Gasteiger partial charge in [-0.3, -0.25) is 0 Å². The van der Waals surface area contributed by atoms with Crippen molar-refractivity contribution < 1.29 is 14.7 Å². The molecule has 0 heterocycles. The van der Waals surface area contributed by atoms with Gasteiger partial charge in [0.1, 0.15) is 6.54 Å². The maximum absolute atomic E-state index is 9.18. The number of hydrogen-bond donors (Lipinski definition) is 2. The smallest absolute Gasteiger partial charge is 0.202 e. The lowest BCUT2D eigenvalue weighted by Gasteiger charge is -2.35. The molecule has 0 amide bonds. The third-order valence-electron chi connectivity index (χ3n) is 3.85. The van der Waals surface area contributed by atoms with Gasteiger partial charge in [-0.25, -0.2) is 0 Å². The molecular weight excluding hydrogens is 238 g/mol. The molecule has 0 aliphatic rings. The minimum Gasteiger partial charge on any atom is -0.364 e. The van der Waals surface area contributed by atoms with Gasteiger partial charge in [-0.15, -0.1) is 0 Å². The molecule has 0 bridgehead atoms. The van der Waals surface area contributed by atoms with Gasteiger partial charge in [0.2, 0.25) is 6.29 Å². The number of aliphatic hydroxyl groups excluding tert-OH is 1. The first-order valence-electron chi connectivity index (χ1n) is 8.09. The number of quaternary nitrogens is 1. The molecule has 0 rings (SSSR count). The number of rotatable bonds is 12. The largest absolute Gasteiger partial charge is 0.364 e. The Bertz CT molecular complexity index is 207. The van der Waals surface area contributed by atoms with Gasteiger partial charge >= 0.3 is 0 Å². The van der Waals surface area contributed by atoms with Crippen LogP contribution in [0.5, 0.6) is 0 Å². The van der Waals surface area contributed by atoms with Crippen LogP contribution in [-0.4, -0.2) is 47.7 Å². The topological polar surface area (TPSA) is 40.5 Å². The summed E-state index contributed by atoms with van der Waals surface area (Å²) in [7, 11) is 2.14. The highest BCUT2D eigenvalue weighted by Gasteiger charge is 2.22. The maximum Gasteiger partial charge on any atom is 0.202 e. The molecule has 0 aliphatic heterocycles. The van der Waals surface area contributed by atoms with E-state index in [2.05, 4.69) is 27.8 Å². The van der Waals surface area contributed by atoms with E-state index in [1.54, 1.807) is 0 Å². The fourth-order valence-corrected chi connectivity index (χ4v) is 2.80. The molecule has 19 heavy (non-hydrogen) atoms. The Morgan fingerprint density at radius 3 is 2.00 bits per heavy atom. The summed E-state index contributed by atoms with van der Waals surface area (Å²) in [6.45, 7) is 9.29. The Hall–Kier alpha value is -0.120. The van der Waals surface area contributed by atoms with Gasteiger partial charge < -0.3 is 14.7 Å². The Labute approximate surface area is 120 Å². The van der Waals surface area contributed by atoms with Gasteiger partial charge in [0.15, 0.2) is 0 Å². The van der Waals surface area contributed by atoms with E-state index < -0.39 is 6.29 Å². The van der Waals surface area contributed by atoms with Crippen molar-refractivity contribution in [2.75, 3.05) is 26.7 Å². The van der Waals surface area contributed by atoms with Crippen molar-refractivity contribution in [2.45, 2.75) is 72.0 Å². The van der Waals surface area contributed by atoms with Crippen LogP contribution in [-0.2, 0) is 0 Å². The molecule has 0 aliphatic carbocycles. The molecule has 0 aromatic heterocycles. The van der Waals surface area contributed by atoms with Gasteiger partial charge in [-0.05, 0) is 25.2 Å². The van der Waals surface area contributed by atoms with Crippen molar-refractivity contribution in [2.24, 2.45) is 5.92 Å². The molecule has 0 fully saturated rings. The van der Waals surface area contributed by atoms with Gasteiger partial charge in [0.25, 0.3) is 0 Å². The summed E-state index contributed by atoms with van der Waals surface area (Å²) < 4.78 is 0.792. The molecule has 0 radical (unpaired) electrons. The quantitative estimate of drug-likeness (QED) is 0.326. The van der Waals surface area contributed by atoms with Crippen LogP contribution in [0.3, 0.4) is 0 Å². The van der Waals surface area contributed by atoms with E-state index >= 15 is 0 Å². The van der Waals surface area contributed by atoms with Gasteiger partial charge in [-0.2, -0.15) is 0 Å². The third kappa shape index (κ3) is 11.4. The number of hydrogen-bond acceptors (Lipinski definition) is 2. The summed E-state index contributed by atoms with van der Waals surface area (Å²) >= 11 is 0. The third-order valence-corrected chi connectivity index (χ3v) is 3.85. The minimum atomic E-state index is -1.18. The SMILES string of the molecule is CCC[N+](C)(CCCCCCCC(C)C)CC(O)O. The van der Waals surface area contributed by atoms with Crippen LogP contribution in [0.2, 0.25) is 0 Å². The molecule has 2 N–H and O–H groups in total. The number of nitrogens with zero attached hydrogens (tertiary/aromatic N) is 1. The molecule has 3 heteroatoms. The molecule has 0 saturated carbocycles. The van der Waals surface area contributed by atoms with Crippen molar-refractivity contribution in [1.82, 2.24) is 0 Å². The van der Waals surface area contributed by atoms with Crippen molar-refractivity contribution in [3.63, 3.8) is 0 Å². The molecule has 0 saturated heterocycles. The van der Waals surface area contributed by atoms with E-state index in [4.69, 9.17) is 0 Å². The van der Waals surface area contributed by atoms with Crippen LogP contribution in [0.1, 0.15) is 65.7 Å². The van der Waals surface area contributed by atoms with E-state index in [1.807, 2.05) is 0 Å². The number of unbranched alkanes of at least 4 members (excludes halogenated alkanes) is 4. The number of likely N-dealkylation sites (N-methyl/N-ethyl adjacent to an activating group) is 1. The molecule has 3 nitrogen and oxygen atoms in total. The predicted octanol–water partition coefficient (Wildman–Crippen LogP) is 3.15. The molecule has 0 aromatic rings. The highest BCUT2D eigenvalue weighted by molar-refractivity contribution is 4.50. The average Bonchev–Trinajstić information content (AvgIpc) is 2.26. The van der Waals surface area contributed by atoms with Crippen LogP contribution in [0.25, 0.3) is 0 Å². The van der Waals surface area contributed by atoms with Gasteiger partial charge in [-0.1, -0.05) is 46.5 Å². The van der Waals surface area contributed by atoms with Crippen LogP contribution < -0.4 is 0 Å². The minimum absolute atomic E-state index is 0.460. The summed E-state index contributed by atoms with van der Waals surface area (Å²) in [4.78, 5) is 0. The van der Waals surface area contributed by atoms with Crippen LogP contribution >= 0.6 is 0 Å². The zero-order valence-electron chi connectivity index (χ0n) is 13.6. The van der Waals surface area contributed by atoms with Gasteiger partial charge in [0, 0.05) is 0 Å². The van der Waals surface area contributed by atoms with Crippen molar-refractivity contribution >= 4 is 0 Å². The summed E-state index contributed by atoms with van der Waals surface area (Å²) in [6, 6.07) is 0. The van der Waals surface area contributed by atoms with Crippen molar-refractivity contribution in [3.8, 4) is 0 Å². The van der Waals surface area contributed by atoms with E-state index in [-0.39, 0.29) is 0 Å². The van der Waals surface area contributed by atoms with Crippen molar-refractivity contribution in [1.29, 1.82) is 0 Å². The zero-order chi connectivity index (χ0) is 14.7. The summed E-state index contributed by atoms with van der Waals surface area (Å²) in [5.41, 5.74) is 0. The molecular formula is C16H36NO2+. The maximum atomic E-state index is 9.18. The lowest BCUT2D eigenvalue weighted by molar-refractivity contribution is -0.915.